The van der Waals surface area contributed by atoms with Gasteiger partial charge in [0.1, 0.15) is 22.3 Å². The second kappa shape index (κ2) is 13.8. The maximum atomic E-state index is 6.57. The molecule has 280 valence electrons. The van der Waals surface area contributed by atoms with Crippen LogP contribution in [-0.4, -0.2) is 15.0 Å². The molecule has 0 unspecified atom stereocenters. The van der Waals surface area contributed by atoms with E-state index < -0.39 is 0 Å². The number of aromatic nitrogens is 3. The lowest BCUT2D eigenvalue weighted by atomic mass is 9.91. The molecule has 0 radical (unpaired) electrons. The van der Waals surface area contributed by atoms with Gasteiger partial charge < -0.3 is 8.83 Å². The molecule has 3 heterocycles. The van der Waals surface area contributed by atoms with Gasteiger partial charge in [0.05, 0.1) is 11.1 Å². The van der Waals surface area contributed by atoms with Gasteiger partial charge in [0.25, 0.3) is 0 Å². The van der Waals surface area contributed by atoms with E-state index in [2.05, 4.69) is 133 Å². The molecule has 5 nitrogen and oxygen atoms in total. The van der Waals surface area contributed by atoms with E-state index in [0.717, 1.165) is 93.9 Å². The van der Waals surface area contributed by atoms with Gasteiger partial charge in [0.2, 0.25) is 0 Å². The lowest BCUT2D eigenvalue weighted by Gasteiger charge is -2.16. The van der Waals surface area contributed by atoms with Crippen LogP contribution in [0.1, 0.15) is 0 Å². The lowest BCUT2D eigenvalue weighted by Crippen LogP contribution is -2.02. The molecule has 60 heavy (non-hydrogen) atoms. The molecule has 0 fully saturated rings. The second-order valence-electron chi connectivity index (χ2n) is 15.1. The van der Waals surface area contributed by atoms with Crippen molar-refractivity contribution in [2.75, 3.05) is 0 Å². The van der Waals surface area contributed by atoms with Gasteiger partial charge in [-0.2, -0.15) is 0 Å². The standard InChI is InChI=1S/C55H33N3O2/c1-2-14-34(15-3-1)36-18-10-19-37(32-36)48-33-38(40-23-11-17-35-16-4-5-20-39(35)40)30-31-45(48)53-56-54(46-26-12-24-43-41-21-6-8-28-49(41)59-51(43)46)58-55(57-53)47-27-13-25-44-42-22-7-9-29-50(42)60-52(44)47/h1-33H. The van der Waals surface area contributed by atoms with Crippen LogP contribution in [0.3, 0.4) is 0 Å². The molecule has 0 atom stereocenters. The van der Waals surface area contributed by atoms with Gasteiger partial charge in [-0.05, 0) is 86.6 Å². The molecule has 5 heteroatoms. The molecule has 0 aliphatic carbocycles. The van der Waals surface area contributed by atoms with Crippen molar-refractivity contribution in [1.29, 1.82) is 0 Å². The maximum Gasteiger partial charge on any atom is 0.167 e. The van der Waals surface area contributed by atoms with E-state index in [1.807, 2.05) is 66.7 Å². The summed E-state index contributed by atoms with van der Waals surface area (Å²) in [4.78, 5) is 16.0. The molecule has 9 aromatic carbocycles. The van der Waals surface area contributed by atoms with Gasteiger partial charge in [-0.25, -0.2) is 15.0 Å². The van der Waals surface area contributed by atoms with Crippen molar-refractivity contribution >= 4 is 54.6 Å². The van der Waals surface area contributed by atoms with E-state index in [-0.39, 0.29) is 0 Å². The molecule has 3 aromatic heterocycles. The van der Waals surface area contributed by atoms with E-state index in [9.17, 15) is 0 Å². The zero-order chi connectivity index (χ0) is 39.6. The van der Waals surface area contributed by atoms with Crippen molar-refractivity contribution in [2.45, 2.75) is 0 Å². The molecule has 0 N–H and O–H groups in total. The fourth-order valence-corrected chi connectivity index (χ4v) is 8.70. The normalized spacial score (nSPS) is 11.7. The highest BCUT2D eigenvalue weighted by Gasteiger charge is 2.22. The minimum atomic E-state index is 0.509. The maximum absolute atomic E-state index is 6.57. The third-order valence-corrected chi connectivity index (χ3v) is 11.6. The van der Waals surface area contributed by atoms with Crippen molar-refractivity contribution in [3.8, 4) is 67.5 Å². The predicted octanol–water partition coefficient (Wildman–Crippen LogP) is 14.8. The average Bonchev–Trinajstić information content (AvgIpc) is 3.90. The molecule has 0 aliphatic rings. The van der Waals surface area contributed by atoms with Gasteiger partial charge in [0, 0.05) is 27.1 Å². The van der Waals surface area contributed by atoms with E-state index in [1.54, 1.807) is 0 Å². The summed E-state index contributed by atoms with van der Waals surface area (Å²) in [6.07, 6.45) is 0. The highest BCUT2D eigenvalue weighted by Crippen LogP contribution is 2.42. The first-order valence-corrected chi connectivity index (χ1v) is 20.1. The summed E-state index contributed by atoms with van der Waals surface area (Å²) in [5.41, 5.74) is 12.1. The van der Waals surface area contributed by atoms with E-state index >= 15 is 0 Å². The summed E-state index contributed by atoms with van der Waals surface area (Å²) in [7, 11) is 0. The molecule has 12 rings (SSSR count). The Kier molecular flexibility index (Phi) is 7.78. The Morgan fingerprint density at radius 3 is 1.42 bits per heavy atom. The van der Waals surface area contributed by atoms with Crippen molar-refractivity contribution in [2.24, 2.45) is 0 Å². The highest BCUT2D eigenvalue weighted by atomic mass is 16.3. The monoisotopic (exact) mass is 767 g/mol. The van der Waals surface area contributed by atoms with Crippen LogP contribution in [0.25, 0.3) is 122 Å². The third-order valence-electron chi connectivity index (χ3n) is 11.6. The minimum Gasteiger partial charge on any atom is -0.455 e. The van der Waals surface area contributed by atoms with Crippen molar-refractivity contribution in [3.05, 3.63) is 200 Å². The van der Waals surface area contributed by atoms with Gasteiger partial charge in [0.15, 0.2) is 17.5 Å². The lowest BCUT2D eigenvalue weighted by molar-refractivity contribution is 0.669. The van der Waals surface area contributed by atoms with Crippen LogP contribution in [-0.2, 0) is 0 Å². The zero-order valence-electron chi connectivity index (χ0n) is 32.2. The molecule has 0 amide bonds. The first-order chi connectivity index (χ1) is 29.7. The van der Waals surface area contributed by atoms with Gasteiger partial charge in [-0.1, -0.05) is 158 Å². The minimum absolute atomic E-state index is 0.509. The molecule has 12 aromatic rings. The summed E-state index contributed by atoms with van der Waals surface area (Å²) in [5.74, 6) is 1.56. The van der Waals surface area contributed by atoms with Crippen LogP contribution in [0.4, 0.5) is 0 Å². The quantitative estimate of drug-likeness (QED) is 0.169. The van der Waals surface area contributed by atoms with Crippen molar-refractivity contribution < 1.29 is 8.83 Å². The molecular formula is C55H33N3O2. The van der Waals surface area contributed by atoms with Crippen molar-refractivity contribution in [1.82, 2.24) is 15.0 Å². The number of benzene rings is 9. The largest absolute Gasteiger partial charge is 0.455 e. The second-order valence-corrected chi connectivity index (χ2v) is 15.1. The Morgan fingerprint density at radius 2 is 0.733 bits per heavy atom. The number of hydrogen-bond donors (Lipinski definition) is 0. The Balaban J connectivity index is 1.14. The van der Waals surface area contributed by atoms with E-state index in [1.165, 1.54) is 10.8 Å². The Labute approximate surface area is 344 Å². The van der Waals surface area contributed by atoms with Gasteiger partial charge in [-0.3, -0.25) is 0 Å². The molecule has 0 spiro atoms. The number of rotatable bonds is 6. The summed E-state index contributed by atoms with van der Waals surface area (Å²) < 4.78 is 13.1. The van der Waals surface area contributed by atoms with Crippen LogP contribution < -0.4 is 0 Å². The fourth-order valence-electron chi connectivity index (χ4n) is 8.70. The number of furan rings is 2. The van der Waals surface area contributed by atoms with Gasteiger partial charge in [-0.15, -0.1) is 0 Å². The SMILES string of the molecule is c1ccc(-c2cccc(-c3cc(-c4cccc5ccccc45)ccc3-c3nc(-c4cccc5c4oc4ccccc45)nc(-c4cccc5c4oc4ccccc45)n3)c2)cc1. The smallest absolute Gasteiger partial charge is 0.167 e. The molecule has 0 saturated heterocycles. The Bertz CT molecular complexity index is 3480. The van der Waals surface area contributed by atoms with E-state index in [4.69, 9.17) is 23.8 Å². The van der Waals surface area contributed by atoms with Crippen LogP contribution in [0, 0.1) is 0 Å². The molecule has 0 saturated carbocycles. The van der Waals surface area contributed by atoms with Crippen molar-refractivity contribution in [3.63, 3.8) is 0 Å². The van der Waals surface area contributed by atoms with Gasteiger partial charge >= 0.3 is 0 Å². The Hall–Kier alpha value is -8.15. The zero-order valence-corrected chi connectivity index (χ0v) is 32.2. The summed E-state index contributed by atoms with van der Waals surface area (Å²) >= 11 is 0. The topological polar surface area (TPSA) is 65.0 Å². The number of hydrogen-bond acceptors (Lipinski definition) is 5. The molecule has 0 bridgehead atoms. The van der Waals surface area contributed by atoms with Crippen LogP contribution in [0.2, 0.25) is 0 Å². The first-order valence-electron chi connectivity index (χ1n) is 20.1. The van der Waals surface area contributed by atoms with Crippen LogP contribution in [0.5, 0.6) is 0 Å². The molecule has 0 aliphatic heterocycles. The van der Waals surface area contributed by atoms with Crippen LogP contribution >= 0.6 is 0 Å². The van der Waals surface area contributed by atoms with E-state index in [0.29, 0.717) is 17.5 Å². The first kappa shape index (κ1) is 33.9. The predicted molar refractivity (Wildman–Crippen MR) is 245 cm³/mol. The summed E-state index contributed by atoms with van der Waals surface area (Å²) in [6.45, 7) is 0. The number of nitrogens with zero attached hydrogens (tertiary/aromatic N) is 3. The molecular weight excluding hydrogens is 735 g/mol. The average molecular weight is 768 g/mol. The number of fused-ring (bicyclic) bond motifs is 7. The summed E-state index contributed by atoms with van der Waals surface area (Å²) in [5, 5.41) is 6.48. The Morgan fingerprint density at radius 1 is 0.267 bits per heavy atom. The van der Waals surface area contributed by atoms with Crippen LogP contribution in [0.15, 0.2) is 209 Å². The number of para-hydroxylation sites is 4. The fraction of sp³-hybridized carbons (Fsp3) is 0. The highest BCUT2D eigenvalue weighted by molar-refractivity contribution is 6.10. The summed E-state index contributed by atoms with van der Waals surface area (Å²) in [6, 6.07) is 69.4. The third kappa shape index (κ3) is 5.59.